The third-order valence-corrected chi connectivity index (χ3v) is 3.50. The number of nitrogen functional groups attached to an aromatic ring is 1. The number of nitriles is 2. The Balaban J connectivity index is 2.75. The number of aromatic nitrogens is 1. The van der Waals surface area contributed by atoms with Crippen molar-refractivity contribution >= 4 is 5.82 Å². The van der Waals surface area contributed by atoms with Gasteiger partial charge < -0.3 is 20.2 Å². The first-order valence-electron chi connectivity index (χ1n) is 7.18. The van der Waals surface area contributed by atoms with Crippen molar-refractivity contribution in [3.63, 3.8) is 0 Å². The number of benzene rings is 1. The number of aromatic amines is 1. The summed E-state index contributed by atoms with van der Waals surface area (Å²) in [6.07, 6.45) is 0. The highest BCUT2D eigenvalue weighted by Gasteiger charge is 2.19. The Kier molecular flexibility index (Phi) is 5.20. The number of ether oxygens (including phenoxy) is 2. The molecule has 0 aliphatic heterocycles. The highest BCUT2D eigenvalue weighted by Crippen LogP contribution is 2.32. The Morgan fingerprint density at radius 1 is 1.25 bits per heavy atom. The number of hydrogen-bond donors (Lipinski definition) is 2. The molecule has 0 fully saturated rings. The van der Waals surface area contributed by atoms with Crippen molar-refractivity contribution in [2.75, 3.05) is 19.5 Å². The zero-order valence-corrected chi connectivity index (χ0v) is 13.3. The Morgan fingerprint density at radius 3 is 2.54 bits per heavy atom. The van der Waals surface area contributed by atoms with Crippen LogP contribution < -0.4 is 16.0 Å². The van der Waals surface area contributed by atoms with E-state index in [0.717, 1.165) is 5.56 Å². The van der Waals surface area contributed by atoms with Crippen molar-refractivity contribution in [3.05, 3.63) is 45.2 Å². The van der Waals surface area contributed by atoms with Gasteiger partial charge in [0, 0.05) is 17.7 Å². The standard InChI is InChI=1S/C17H16N4O3/c1-3-24-9-11-6-10(4-5-14(11)23-2)15-12(7-18)16(20)21-17(22)13(15)8-19/h4-6H,3,9H2,1-2H3,(H3,20,21,22). The van der Waals surface area contributed by atoms with Gasteiger partial charge in [-0.3, -0.25) is 4.79 Å². The van der Waals surface area contributed by atoms with Gasteiger partial charge in [0.1, 0.15) is 34.8 Å². The first-order valence-corrected chi connectivity index (χ1v) is 7.18. The van der Waals surface area contributed by atoms with E-state index in [4.69, 9.17) is 15.2 Å². The van der Waals surface area contributed by atoms with Crippen LogP contribution in [0.15, 0.2) is 23.0 Å². The van der Waals surface area contributed by atoms with Gasteiger partial charge in [-0.05, 0) is 24.6 Å². The molecule has 1 aromatic heterocycles. The van der Waals surface area contributed by atoms with Crippen LogP contribution in [0.25, 0.3) is 11.1 Å². The average molecular weight is 324 g/mol. The molecule has 0 aliphatic carbocycles. The second-order valence-electron chi connectivity index (χ2n) is 4.88. The maximum Gasteiger partial charge on any atom is 0.268 e. The van der Waals surface area contributed by atoms with E-state index < -0.39 is 5.56 Å². The van der Waals surface area contributed by atoms with E-state index in [1.807, 2.05) is 19.1 Å². The van der Waals surface area contributed by atoms with E-state index in [1.54, 1.807) is 18.2 Å². The SMILES string of the molecule is CCOCc1cc(-c2c(C#N)c(N)[nH]c(=O)c2C#N)ccc1OC. The number of methoxy groups -OCH3 is 1. The quantitative estimate of drug-likeness (QED) is 0.865. The van der Waals surface area contributed by atoms with Crippen LogP contribution in [0.1, 0.15) is 23.6 Å². The largest absolute Gasteiger partial charge is 0.496 e. The molecule has 0 spiro atoms. The first kappa shape index (κ1) is 17.1. The monoisotopic (exact) mass is 324 g/mol. The van der Waals surface area contributed by atoms with Gasteiger partial charge in [-0.1, -0.05) is 6.07 Å². The summed E-state index contributed by atoms with van der Waals surface area (Å²) in [6.45, 7) is 2.70. The summed E-state index contributed by atoms with van der Waals surface area (Å²) in [5.74, 6) is 0.542. The highest BCUT2D eigenvalue weighted by molar-refractivity contribution is 5.80. The van der Waals surface area contributed by atoms with Gasteiger partial charge in [-0.2, -0.15) is 10.5 Å². The molecule has 0 saturated carbocycles. The predicted molar refractivity (Wildman–Crippen MR) is 88.2 cm³/mol. The zero-order valence-electron chi connectivity index (χ0n) is 13.3. The maximum atomic E-state index is 12.0. The number of anilines is 1. The molecule has 1 aromatic carbocycles. The van der Waals surface area contributed by atoms with Gasteiger partial charge in [0.25, 0.3) is 5.56 Å². The third-order valence-electron chi connectivity index (χ3n) is 3.50. The normalized spacial score (nSPS) is 10.0. The fraction of sp³-hybridized carbons (Fsp3) is 0.235. The van der Waals surface area contributed by atoms with Crippen LogP contribution in [-0.2, 0) is 11.3 Å². The molecular weight excluding hydrogens is 308 g/mol. The molecule has 2 aromatic rings. The van der Waals surface area contributed by atoms with Crippen molar-refractivity contribution in [3.8, 4) is 29.0 Å². The predicted octanol–water partition coefficient (Wildman–Crippen LogP) is 1.91. The van der Waals surface area contributed by atoms with E-state index >= 15 is 0 Å². The lowest BCUT2D eigenvalue weighted by Gasteiger charge is -2.13. The fourth-order valence-corrected chi connectivity index (χ4v) is 2.39. The van der Waals surface area contributed by atoms with Crippen molar-refractivity contribution in [2.24, 2.45) is 0 Å². The molecule has 0 aliphatic rings. The second kappa shape index (κ2) is 7.32. The van der Waals surface area contributed by atoms with Gasteiger partial charge in [0.15, 0.2) is 0 Å². The lowest BCUT2D eigenvalue weighted by molar-refractivity contribution is 0.132. The summed E-state index contributed by atoms with van der Waals surface area (Å²) < 4.78 is 10.7. The summed E-state index contributed by atoms with van der Waals surface area (Å²) in [5.41, 5.74) is 6.47. The zero-order chi connectivity index (χ0) is 17.7. The Hall–Kier alpha value is -3.29. The van der Waals surface area contributed by atoms with Crippen molar-refractivity contribution in [1.82, 2.24) is 4.98 Å². The first-order chi connectivity index (χ1) is 11.6. The maximum absolute atomic E-state index is 12.0. The Morgan fingerprint density at radius 2 is 1.96 bits per heavy atom. The third kappa shape index (κ3) is 3.07. The van der Waals surface area contributed by atoms with Crippen LogP contribution in [0.3, 0.4) is 0 Å². The minimum absolute atomic E-state index is 0.0543. The molecule has 7 heteroatoms. The average Bonchev–Trinajstić information content (AvgIpc) is 2.59. The molecule has 0 amide bonds. The molecule has 24 heavy (non-hydrogen) atoms. The molecule has 0 bridgehead atoms. The number of rotatable bonds is 5. The molecule has 7 nitrogen and oxygen atoms in total. The molecule has 0 radical (unpaired) electrons. The lowest BCUT2D eigenvalue weighted by Crippen LogP contribution is -2.16. The van der Waals surface area contributed by atoms with Crippen LogP contribution in [0.2, 0.25) is 0 Å². The van der Waals surface area contributed by atoms with E-state index in [1.165, 1.54) is 7.11 Å². The van der Waals surface area contributed by atoms with E-state index in [-0.39, 0.29) is 22.5 Å². The molecule has 2 rings (SSSR count). The number of hydrogen-bond acceptors (Lipinski definition) is 6. The van der Waals surface area contributed by atoms with E-state index in [2.05, 4.69) is 4.98 Å². The number of H-pyrrole nitrogens is 1. The Bertz CT molecular complexity index is 904. The molecule has 122 valence electrons. The van der Waals surface area contributed by atoms with E-state index in [0.29, 0.717) is 24.5 Å². The highest BCUT2D eigenvalue weighted by atomic mass is 16.5. The minimum Gasteiger partial charge on any atom is -0.496 e. The summed E-state index contributed by atoms with van der Waals surface area (Å²) >= 11 is 0. The number of nitrogens with two attached hydrogens (primary N) is 1. The fourth-order valence-electron chi connectivity index (χ4n) is 2.39. The summed E-state index contributed by atoms with van der Waals surface area (Å²) in [4.78, 5) is 14.3. The molecule has 0 atom stereocenters. The molecule has 1 heterocycles. The topological polar surface area (TPSA) is 125 Å². The van der Waals surface area contributed by atoms with E-state index in [9.17, 15) is 15.3 Å². The van der Waals surface area contributed by atoms with Crippen LogP contribution in [0.4, 0.5) is 5.82 Å². The van der Waals surface area contributed by atoms with Crippen LogP contribution in [0, 0.1) is 22.7 Å². The Labute approximate surface area is 138 Å². The molecule has 3 N–H and O–H groups in total. The van der Waals surface area contributed by atoms with Crippen LogP contribution >= 0.6 is 0 Å². The van der Waals surface area contributed by atoms with Crippen molar-refractivity contribution in [1.29, 1.82) is 10.5 Å². The second-order valence-corrected chi connectivity index (χ2v) is 4.88. The molecule has 0 saturated heterocycles. The van der Waals surface area contributed by atoms with Gasteiger partial charge >= 0.3 is 0 Å². The summed E-state index contributed by atoms with van der Waals surface area (Å²) in [6, 6.07) is 8.88. The molecular formula is C17H16N4O3. The lowest BCUT2D eigenvalue weighted by atomic mass is 9.95. The summed E-state index contributed by atoms with van der Waals surface area (Å²) in [7, 11) is 1.54. The minimum atomic E-state index is -0.633. The number of nitrogens with one attached hydrogen (secondary N) is 1. The van der Waals surface area contributed by atoms with Gasteiger partial charge in [0.2, 0.25) is 0 Å². The van der Waals surface area contributed by atoms with Crippen molar-refractivity contribution in [2.45, 2.75) is 13.5 Å². The number of nitrogens with zero attached hydrogens (tertiary/aromatic N) is 2. The van der Waals surface area contributed by atoms with Crippen molar-refractivity contribution < 1.29 is 9.47 Å². The number of pyridine rings is 1. The smallest absolute Gasteiger partial charge is 0.268 e. The van der Waals surface area contributed by atoms with Gasteiger partial charge in [-0.15, -0.1) is 0 Å². The van der Waals surface area contributed by atoms with Crippen LogP contribution in [-0.4, -0.2) is 18.7 Å². The molecule has 0 unspecified atom stereocenters. The van der Waals surface area contributed by atoms with Gasteiger partial charge in [0.05, 0.1) is 13.7 Å². The summed E-state index contributed by atoms with van der Waals surface area (Å²) in [5, 5.41) is 18.7. The van der Waals surface area contributed by atoms with Gasteiger partial charge in [-0.25, -0.2) is 0 Å². The van der Waals surface area contributed by atoms with Crippen LogP contribution in [0.5, 0.6) is 5.75 Å².